The van der Waals surface area contributed by atoms with Gasteiger partial charge in [0.2, 0.25) is 5.91 Å². The topological polar surface area (TPSA) is 55.8 Å². The van der Waals surface area contributed by atoms with Crippen LogP contribution in [0.4, 0.5) is 5.69 Å². The van der Waals surface area contributed by atoms with E-state index in [2.05, 4.69) is 4.74 Å². The molecule has 1 saturated heterocycles. The van der Waals surface area contributed by atoms with Crippen molar-refractivity contribution in [2.45, 2.75) is 13.0 Å². The number of esters is 1. The van der Waals surface area contributed by atoms with Gasteiger partial charge in [0.1, 0.15) is 5.75 Å². The van der Waals surface area contributed by atoms with Crippen molar-refractivity contribution in [2.75, 3.05) is 19.1 Å². The molecule has 1 amide bonds. The molecule has 0 N–H and O–H groups in total. The molecule has 1 aromatic carbocycles. The smallest absolute Gasteiger partial charge is 0.330 e. The predicted octanol–water partition coefficient (Wildman–Crippen LogP) is 1.78. The standard InChI is InChI=1S/C15H17NO4/c1-10-13(8-9-14(17)20-3)16(15(10)18)11-4-6-12(19-2)7-5-11/h4-10,13H,1-3H3/b9-8-/t10-,13+/m0/s1. The van der Waals surface area contributed by atoms with E-state index in [1.165, 1.54) is 13.2 Å². The molecule has 2 atom stereocenters. The van der Waals surface area contributed by atoms with E-state index in [0.717, 1.165) is 11.4 Å². The lowest BCUT2D eigenvalue weighted by molar-refractivity contribution is -0.135. The number of benzene rings is 1. The third-order valence-corrected chi connectivity index (χ3v) is 3.42. The second-order valence-corrected chi connectivity index (χ2v) is 4.57. The van der Waals surface area contributed by atoms with Gasteiger partial charge in [-0.3, -0.25) is 4.79 Å². The molecule has 0 aromatic heterocycles. The molecular weight excluding hydrogens is 258 g/mol. The van der Waals surface area contributed by atoms with Gasteiger partial charge < -0.3 is 14.4 Å². The van der Waals surface area contributed by atoms with Crippen molar-refractivity contribution in [3.05, 3.63) is 36.4 Å². The van der Waals surface area contributed by atoms with E-state index >= 15 is 0 Å². The summed E-state index contributed by atoms with van der Waals surface area (Å²) in [5, 5.41) is 0. The number of rotatable bonds is 4. The maximum atomic E-state index is 12.0. The van der Waals surface area contributed by atoms with Gasteiger partial charge >= 0.3 is 5.97 Å². The number of amides is 1. The Labute approximate surface area is 117 Å². The van der Waals surface area contributed by atoms with E-state index in [1.807, 2.05) is 19.1 Å². The molecule has 106 valence electrons. The van der Waals surface area contributed by atoms with Crippen molar-refractivity contribution in [3.63, 3.8) is 0 Å². The average Bonchev–Trinajstić information content (AvgIpc) is 2.50. The molecule has 5 heteroatoms. The molecule has 1 aliphatic rings. The maximum absolute atomic E-state index is 12.0. The Morgan fingerprint density at radius 3 is 2.45 bits per heavy atom. The first-order valence-corrected chi connectivity index (χ1v) is 6.31. The zero-order chi connectivity index (χ0) is 14.7. The van der Waals surface area contributed by atoms with Crippen LogP contribution in [0.15, 0.2) is 36.4 Å². The molecule has 20 heavy (non-hydrogen) atoms. The van der Waals surface area contributed by atoms with Crippen molar-refractivity contribution in [3.8, 4) is 5.75 Å². The first-order valence-electron chi connectivity index (χ1n) is 6.31. The summed E-state index contributed by atoms with van der Waals surface area (Å²) in [5.74, 6) is 0.204. The van der Waals surface area contributed by atoms with Gasteiger partial charge in [-0.1, -0.05) is 13.0 Å². The summed E-state index contributed by atoms with van der Waals surface area (Å²) in [5.41, 5.74) is 0.786. The molecule has 5 nitrogen and oxygen atoms in total. The van der Waals surface area contributed by atoms with Crippen LogP contribution in [0.25, 0.3) is 0 Å². The van der Waals surface area contributed by atoms with Crippen LogP contribution in [-0.4, -0.2) is 32.1 Å². The van der Waals surface area contributed by atoms with E-state index in [9.17, 15) is 9.59 Å². The fourth-order valence-corrected chi connectivity index (χ4v) is 2.19. The van der Waals surface area contributed by atoms with Crippen LogP contribution in [0.1, 0.15) is 6.92 Å². The van der Waals surface area contributed by atoms with Gasteiger partial charge in [0.25, 0.3) is 0 Å². The summed E-state index contributed by atoms with van der Waals surface area (Å²) in [6.45, 7) is 1.84. The second-order valence-electron chi connectivity index (χ2n) is 4.57. The minimum Gasteiger partial charge on any atom is -0.497 e. The molecule has 1 fully saturated rings. The van der Waals surface area contributed by atoms with Gasteiger partial charge in [0, 0.05) is 11.8 Å². The molecule has 0 radical (unpaired) electrons. The monoisotopic (exact) mass is 275 g/mol. The molecule has 1 aromatic rings. The summed E-state index contributed by atoms with van der Waals surface area (Å²) in [7, 11) is 2.91. The van der Waals surface area contributed by atoms with Gasteiger partial charge in [0.05, 0.1) is 26.2 Å². The first-order chi connectivity index (χ1) is 9.58. The highest BCUT2D eigenvalue weighted by molar-refractivity contribution is 6.03. The minimum absolute atomic E-state index is 0.0367. The van der Waals surface area contributed by atoms with Crippen molar-refractivity contribution >= 4 is 17.6 Å². The van der Waals surface area contributed by atoms with E-state index in [1.54, 1.807) is 30.2 Å². The van der Waals surface area contributed by atoms with Crippen LogP contribution < -0.4 is 9.64 Å². The van der Waals surface area contributed by atoms with Crippen LogP contribution in [0.3, 0.4) is 0 Å². The molecule has 0 saturated carbocycles. The molecule has 0 aliphatic carbocycles. The van der Waals surface area contributed by atoms with Crippen molar-refractivity contribution in [1.29, 1.82) is 0 Å². The largest absolute Gasteiger partial charge is 0.497 e. The van der Waals surface area contributed by atoms with Crippen molar-refractivity contribution < 1.29 is 19.1 Å². The summed E-state index contributed by atoms with van der Waals surface area (Å²) >= 11 is 0. The number of carbonyl (C=O) groups excluding carboxylic acids is 2. The highest BCUT2D eigenvalue weighted by Crippen LogP contribution is 2.34. The summed E-state index contributed by atoms with van der Waals surface area (Å²) in [6.07, 6.45) is 3.05. The van der Waals surface area contributed by atoms with Crippen molar-refractivity contribution in [2.24, 2.45) is 5.92 Å². The van der Waals surface area contributed by atoms with E-state index in [4.69, 9.17) is 4.74 Å². The molecule has 2 rings (SSSR count). The molecule has 0 unspecified atom stereocenters. The lowest BCUT2D eigenvalue weighted by Crippen LogP contribution is -2.59. The minimum atomic E-state index is -0.425. The molecule has 0 bridgehead atoms. The maximum Gasteiger partial charge on any atom is 0.330 e. The number of β-lactam (4-membered cyclic amide) rings is 1. The SMILES string of the molecule is COC(=O)/C=C\[C@@H]1[C@H](C)C(=O)N1c1ccc(OC)cc1. The third kappa shape index (κ3) is 2.52. The van der Waals surface area contributed by atoms with Gasteiger partial charge in [-0.2, -0.15) is 0 Å². The van der Waals surface area contributed by atoms with Gasteiger partial charge in [-0.25, -0.2) is 4.79 Å². The van der Waals surface area contributed by atoms with Crippen LogP contribution in [-0.2, 0) is 14.3 Å². The average molecular weight is 275 g/mol. The van der Waals surface area contributed by atoms with Crippen molar-refractivity contribution in [1.82, 2.24) is 0 Å². The summed E-state index contributed by atoms with van der Waals surface area (Å²) in [6, 6.07) is 7.11. The summed E-state index contributed by atoms with van der Waals surface area (Å²) in [4.78, 5) is 24.8. The number of methoxy groups -OCH3 is 2. The Kier molecular flexibility index (Phi) is 4.08. The van der Waals surface area contributed by atoms with Gasteiger partial charge in [-0.15, -0.1) is 0 Å². The third-order valence-electron chi connectivity index (χ3n) is 3.42. The number of ether oxygens (including phenoxy) is 2. The summed E-state index contributed by atoms with van der Waals surface area (Å²) < 4.78 is 9.65. The highest BCUT2D eigenvalue weighted by Gasteiger charge is 2.43. The number of anilines is 1. The van der Waals surface area contributed by atoms with Crippen LogP contribution >= 0.6 is 0 Å². The molecule has 1 aliphatic heterocycles. The molecular formula is C15H17NO4. The fraction of sp³-hybridized carbons (Fsp3) is 0.333. The molecule has 1 heterocycles. The lowest BCUT2D eigenvalue weighted by Gasteiger charge is -2.44. The Morgan fingerprint density at radius 1 is 1.25 bits per heavy atom. The Bertz CT molecular complexity index is 535. The number of hydrogen-bond acceptors (Lipinski definition) is 4. The van der Waals surface area contributed by atoms with Gasteiger partial charge in [0.15, 0.2) is 0 Å². The zero-order valence-corrected chi connectivity index (χ0v) is 11.7. The molecule has 0 spiro atoms. The fourth-order valence-electron chi connectivity index (χ4n) is 2.19. The van der Waals surface area contributed by atoms with Crippen LogP contribution in [0.2, 0.25) is 0 Å². The van der Waals surface area contributed by atoms with E-state index < -0.39 is 5.97 Å². The predicted molar refractivity (Wildman–Crippen MR) is 74.6 cm³/mol. The van der Waals surface area contributed by atoms with Crippen LogP contribution in [0.5, 0.6) is 5.75 Å². The second kappa shape index (κ2) is 5.77. The number of hydrogen-bond donors (Lipinski definition) is 0. The normalized spacial score (nSPS) is 21.8. The number of carbonyl (C=O) groups is 2. The van der Waals surface area contributed by atoms with E-state index in [-0.39, 0.29) is 17.9 Å². The van der Waals surface area contributed by atoms with E-state index in [0.29, 0.717) is 0 Å². The first kappa shape index (κ1) is 14.1. The van der Waals surface area contributed by atoms with Gasteiger partial charge in [-0.05, 0) is 24.3 Å². The highest BCUT2D eigenvalue weighted by atomic mass is 16.5. The Morgan fingerprint density at radius 2 is 1.90 bits per heavy atom. The zero-order valence-electron chi connectivity index (χ0n) is 11.7. The Hall–Kier alpha value is -2.30. The number of nitrogens with zero attached hydrogens (tertiary/aromatic N) is 1. The quantitative estimate of drug-likeness (QED) is 0.477. The lowest BCUT2D eigenvalue weighted by atomic mass is 9.88. The van der Waals surface area contributed by atoms with Crippen LogP contribution in [0, 0.1) is 5.92 Å². The Balaban J connectivity index is 2.17.